The first kappa shape index (κ1) is 5.08. The van der Waals surface area contributed by atoms with Crippen LogP contribution in [0, 0.1) is 0 Å². The lowest BCUT2D eigenvalue weighted by atomic mass is 10.7. The molecule has 37 valence electrons. The van der Waals surface area contributed by atoms with Gasteiger partial charge < -0.3 is 0 Å². The van der Waals surface area contributed by atoms with Gasteiger partial charge in [-0.25, -0.2) is 10.3 Å². The number of amidine groups is 1. The summed E-state index contributed by atoms with van der Waals surface area (Å²) in [6.07, 6.45) is 1.75. The van der Waals surface area contributed by atoms with Gasteiger partial charge in [-0.3, -0.25) is 0 Å². The number of hydrogen-bond donors (Lipinski definition) is 0. The highest BCUT2D eigenvalue weighted by Gasteiger charge is 1.98. The Kier molecular flexibility index (Phi) is 1.32. The van der Waals surface area contributed by atoms with Crippen molar-refractivity contribution in [2.24, 2.45) is 4.99 Å². The van der Waals surface area contributed by atoms with Crippen molar-refractivity contribution >= 4 is 28.4 Å². The number of halogens is 1. The number of rotatable bonds is 0. The normalized spacial score (nSPS) is 18.0. The van der Waals surface area contributed by atoms with Crippen molar-refractivity contribution < 1.29 is 0 Å². The first-order valence-corrected chi connectivity index (χ1v) is 2.99. The summed E-state index contributed by atoms with van der Waals surface area (Å²) in [5.41, 5.74) is 0. The zero-order valence-corrected chi connectivity index (χ0v) is 6.01. The molecular formula is C4H4IN2. The van der Waals surface area contributed by atoms with Crippen molar-refractivity contribution in [2.45, 2.75) is 6.92 Å². The standard InChI is InChI=1S/C4H4IN2/c1-3-6-2-4(5)7-3/h2H,1H3. The molecule has 1 heterocycles. The third kappa shape index (κ3) is 1.15. The number of hydrogen-bond acceptors (Lipinski definition) is 1. The van der Waals surface area contributed by atoms with Gasteiger partial charge in [0, 0.05) is 0 Å². The maximum atomic E-state index is 3.99. The Morgan fingerprint density at radius 2 is 2.43 bits per heavy atom. The minimum absolute atomic E-state index is 0.851. The van der Waals surface area contributed by atoms with Crippen LogP contribution in [-0.4, -0.2) is 5.84 Å². The molecule has 1 aliphatic heterocycles. The van der Waals surface area contributed by atoms with Crippen LogP contribution in [-0.2, 0) is 0 Å². The second-order valence-corrected chi connectivity index (χ2v) is 2.35. The summed E-state index contributed by atoms with van der Waals surface area (Å²) in [4.78, 5) is 3.99. The maximum Gasteiger partial charge on any atom is 0.126 e. The molecule has 2 nitrogen and oxygen atoms in total. The fourth-order valence-electron chi connectivity index (χ4n) is 0.359. The Morgan fingerprint density at radius 3 is 2.57 bits per heavy atom. The lowest BCUT2D eigenvalue weighted by Gasteiger charge is -1.78. The molecule has 1 radical (unpaired) electrons. The van der Waals surface area contributed by atoms with E-state index in [0.29, 0.717) is 0 Å². The molecule has 1 rings (SSSR count). The Morgan fingerprint density at radius 1 is 1.71 bits per heavy atom. The molecule has 0 amide bonds. The molecule has 0 fully saturated rings. The van der Waals surface area contributed by atoms with Crippen LogP contribution in [0.4, 0.5) is 0 Å². The van der Waals surface area contributed by atoms with Gasteiger partial charge >= 0.3 is 0 Å². The van der Waals surface area contributed by atoms with Crippen molar-refractivity contribution in [1.82, 2.24) is 5.32 Å². The second kappa shape index (κ2) is 1.81. The van der Waals surface area contributed by atoms with Crippen molar-refractivity contribution in [3.63, 3.8) is 0 Å². The van der Waals surface area contributed by atoms with Crippen LogP contribution >= 0.6 is 22.6 Å². The smallest absolute Gasteiger partial charge is 0.126 e. The minimum Gasteiger partial charge on any atom is -0.239 e. The molecule has 0 saturated heterocycles. The Labute approximate surface area is 55.8 Å². The molecule has 1 aliphatic rings. The Balaban J connectivity index is 2.69. The van der Waals surface area contributed by atoms with Crippen LogP contribution in [0.1, 0.15) is 6.92 Å². The summed E-state index contributed by atoms with van der Waals surface area (Å²) < 4.78 is 0.968. The highest BCUT2D eigenvalue weighted by Crippen LogP contribution is 2.10. The molecule has 0 bridgehead atoms. The van der Waals surface area contributed by atoms with Crippen molar-refractivity contribution in [1.29, 1.82) is 0 Å². The zero-order chi connectivity index (χ0) is 5.28. The average molecular weight is 207 g/mol. The van der Waals surface area contributed by atoms with Gasteiger partial charge in [0.05, 0.1) is 6.20 Å². The van der Waals surface area contributed by atoms with E-state index < -0.39 is 0 Å². The molecule has 0 aromatic rings. The number of nitrogens with zero attached hydrogens (tertiary/aromatic N) is 2. The molecule has 0 saturated carbocycles. The summed E-state index contributed by atoms with van der Waals surface area (Å²) in [6.45, 7) is 1.88. The van der Waals surface area contributed by atoms with Gasteiger partial charge in [0.25, 0.3) is 0 Å². The largest absolute Gasteiger partial charge is 0.239 e. The van der Waals surface area contributed by atoms with Crippen LogP contribution in [0.15, 0.2) is 14.9 Å². The second-order valence-electron chi connectivity index (χ2n) is 1.24. The molecule has 0 aromatic heterocycles. The molecule has 0 aromatic carbocycles. The van der Waals surface area contributed by atoms with Crippen LogP contribution in [0.3, 0.4) is 0 Å². The SMILES string of the molecule is CC1=NC(I)=C[N]1. The van der Waals surface area contributed by atoms with E-state index in [9.17, 15) is 0 Å². The van der Waals surface area contributed by atoms with Crippen molar-refractivity contribution in [3.8, 4) is 0 Å². The summed E-state index contributed by atoms with van der Waals surface area (Å²) in [7, 11) is 0. The predicted octanol–water partition coefficient (Wildman–Crippen LogP) is 1.26. The van der Waals surface area contributed by atoms with E-state index in [2.05, 4.69) is 32.9 Å². The third-order valence-electron chi connectivity index (χ3n) is 0.627. The molecular weight excluding hydrogens is 203 g/mol. The topological polar surface area (TPSA) is 26.5 Å². The van der Waals surface area contributed by atoms with Gasteiger partial charge in [-0.05, 0) is 29.5 Å². The van der Waals surface area contributed by atoms with Gasteiger partial charge in [-0.2, -0.15) is 0 Å². The average Bonchev–Trinajstić information content (AvgIpc) is 1.87. The predicted molar refractivity (Wildman–Crippen MR) is 37.3 cm³/mol. The highest BCUT2D eigenvalue weighted by atomic mass is 127. The van der Waals surface area contributed by atoms with Crippen molar-refractivity contribution in [3.05, 3.63) is 9.90 Å². The van der Waals surface area contributed by atoms with Gasteiger partial charge in [-0.1, -0.05) is 0 Å². The fourth-order valence-corrected chi connectivity index (χ4v) is 0.847. The lowest BCUT2D eigenvalue weighted by molar-refractivity contribution is 1.28. The van der Waals surface area contributed by atoms with E-state index in [1.165, 1.54) is 0 Å². The minimum atomic E-state index is 0.851. The summed E-state index contributed by atoms with van der Waals surface area (Å²) in [6, 6.07) is 0. The van der Waals surface area contributed by atoms with Gasteiger partial charge in [0.1, 0.15) is 9.54 Å². The zero-order valence-electron chi connectivity index (χ0n) is 3.85. The highest BCUT2D eigenvalue weighted by molar-refractivity contribution is 14.1. The Hall–Kier alpha value is -0.0600. The van der Waals surface area contributed by atoms with Crippen LogP contribution in [0.5, 0.6) is 0 Å². The quantitative estimate of drug-likeness (QED) is 0.422. The van der Waals surface area contributed by atoms with Crippen molar-refractivity contribution in [2.75, 3.05) is 0 Å². The lowest BCUT2D eigenvalue weighted by Crippen LogP contribution is -1.97. The van der Waals surface area contributed by atoms with Crippen LogP contribution in [0.2, 0.25) is 0 Å². The first-order chi connectivity index (χ1) is 3.29. The summed E-state index contributed by atoms with van der Waals surface area (Å²) >= 11 is 2.13. The van der Waals surface area contributed by atoms with E-state index in [1.807, 2.05) is 6.92 Å². The van der Waals surface area contributed by atoms with E-state index >= 15 is 0 Å². The molecule has 0 unspecified atom stereocenters. The number of aliphatic imine (C=N–C) groups is 1. The van der Waals surface area contributed by atoms with Gasteiger partial charge in [-0.15, -0.1) is 0 Å². The van der Waals surface area contributed by atoms with Crippen LogP contribution < -0.4 is 5.32 Å². The van der Waals surface area contributed by atoms with E-state index in [-0.39, 0.29) is 0 Å². The first-order valence-electron chi connectivity index (χ1n) is 1.91. The van der Waals surface area contributed by atoms with E-state index in [0.717, 1.165) is 9.54 Å². The summed E-state index contributed by atoms with van der Waals surface area (Å²) in [5, 5.41) is 3.90. The summed E-state index contributed by atoms with van der Waals surface area (Å²) in [5.74, 6) is 0.851. The molecule has 0 spiro atoms. The molecule has 0 N–H and O–H groups in total. The Bertz CT molecular complexity index is 137. The molecule has 0 atom stereocenters. The van der Waals surface area contributed by atoms with Gasteiger partial charge in [0.15, 0.2) is 0 Å². The van der Waals surface area contributed by atoms with Gasteiger partial charge in [0.2, 0.25) is 0 Å². The molecule has 0 aliphatic carbocycles. The van der Waals surface area contributed by atoms with E-state index in [1.54, 1.807) is 6.20 Å². The van der Waals surface area contributed by atoms with Crippen LogP contribution in [0.25, 0.3) is 0 Å². The van der Waals surface area contributed by atoms with E-state index in [4.69, 9.17) is 0 Å². The maximum absolute atomic E-state index is 3.99. The molecule has 7 heavy (non-hydrogen) atoms. The fraction of sp³-hybridized carbons (Fsp3) is 0.250. The molecule has 3 heteroatoms. The monoisotopic (exact) mass is 207 g/mol. The third-order valence-corrected chi connectivity index (χ3v) is 1.15.